The minimum Gasteiger partial charge on any atom is -0.148 e. The molecular weight excluding hydrogens is 140 g/mol. The lowest BCUT2D eigenvalue weighted by Crippen LogP contribution is -1.81. The molecule has 0 aliphatic rings. The number of aryl methyl sites for hydroxylation is 1. The maximum atomic E-state index is 3.72. The van der Waals surface area contributed by atoms with E-state index in [-0.39, 0.29) is 0 Å². The third-order valence-corrected chi connectivity index (χ3v) is 2.53. The Kier molecular flexibility index (Phi) is 2.69. The summed E-state index contributed by atoms with van der Waals surface area (Å²) in [5.41, 5.74) is 1.48. The predicted octanol–water partition coefficient (Wildman–Crippen LogP) is 3.04. The third kappa shape index (κ3) is 1.48. The highest BCUT2D eigenvalue weighted by Gasteiger charge is 1.97. The summed E-state index contributed by atoms with van der Waals surface area (Å²) in [5, 5.41) is 2.15. The molecule has 0 aromatic carbocycles. The molecule has 0 unspecified atom stereocenters. The molecule has 0 N–H and O–H groups in total. The number of rotatable bonds is 3. The summed E-state index contributed by atoms with van der Waals surface area (Å²) < 4.78 is 0. The quantitative estimate of drug-likeness (QED) is 0.584. The maximum Gasteiger partial charge on any atom is 0.0115 e. The van der Waals surface area contributed by atoms with Gasteiger partial charge >= 0.3 is 0 Å². The van der Waals surface area contributed by atoms with Crippen LogP contribution in [0, 0.1) is 0 Å². The normalized spacial score (nSPS) is 9.70. The van der Waals surface area contributed by atoms with Gasteiger partial charge in [-0.15, -0.1) is 17.9 Å². The van der Waals surface area contributed by atoms with Gasteiger partial charge in [-0.25, -0.2) is 0 Å². The second kappa shape index (κ2) is 3.57. The first-order valence-corrected chi connectivity index (χ1v) is 4.42. The van der Waals surface area contributed by atoms with Gasteiger partial charge in [-0.2, -0.15) is 0 Å². The molecule has 0 bridgehead atoms. The zero-order chi connectivity index (χ0) is 7.40. The van der Waals surface area contributed by atoms with Gasteiger partial charge in [0.25, 0.3) is 0 Å². The van der Waals surface area contributed by atoms with E-state index in [2.05, 4.69) is 24.9 Å². The van der Waals surface area contributed by atoms with Gasteiger partial charge in [-0.05, 0) is 29.9 Å². The van der Waals surface area contributed by atoms with Crippen molar-refractivity contribution >= 4 is 11.3 Å². The van der Waals surface area contributed by atoms with Gasteiger partial charge in [0.2, 0.25) is 0 Å². The average Bonchev–Trinajstić information content (AvgIpc) is 2.36. The largest absolute Gasteiger partial charge is 0.148 e. The molecule has 0 radical (unpaired) electrons. The molecule has 0 amide bonds. The van der Waals surface area contributed by atoms with Crippen molar-refractivity contribution in [2.45, 2.75) is 19.8 Å². The minimum absolute atomic E-state index is 1.03. The fourth-order valence-corrected chi connectivity index (χ4v) is 1.97. The fourth-order valence-electron chi connectivity index (χ4n) is 0.992. The third-order valence-electron chi connectivity index (χ3n) is 1.55. The molecule has 0 aliphatic heterocycles. The lowest BCUT2D eigenvalue weighted by molar-refractivity contribution is 1.11. The number of allylic oxidation sites excluding steroid dienone is 1. The van der Waals surface area contributed by atoms with Crippen molar-refractivity contribution in [3.63, 3.8) is 0 Å². The van der Waals surface area contributed by atoms with Crippen LogP contribution in [0.4, 0.5) is 0 Å². The molecule has 1 aromatic rings. The zero-order valence-corrected chi connectivity index (χ0v) is 7.08. The first-order chi connectivity index (χ1) is 4.88. The van der Waals surface area contributed by atoms with Crippen LogP contribution >= 0.6 is 11.3 Å². The molecule has 0 spiro atoms. The maximum absolute atomic E-state index is 3.72. The van der Waals surface area contributed by atoms with E-state index in [4.69, 9.17) is 0 Å². The van der Waals surface area contributed by atoms with E-state index in [1.54, 1.807) is 0 Å². The van der Waals surface area contributed by atoms with Crippen molar-refractivity contribution in [2.24, 2.45) is 0 Å². The van der Waals surface area contributed by atoms with Gasteiger partial charge in [0.05, 0.1) is 0 Å². The smallest absolute Gasteiger partial charge is 0.0115 e. The van der Waals surface area contributed by atoms with Crippen molar-refractivity contribution in [3.05, 3.63) is 34.5 Å². The van der Waals surface area contributed by atoms with Crippen molar-refractivity contribution in [1.82, 2.24) is 0 Å². The summed E-state index contributed by atoms with van der Waals surface area (Å²) in [4.78, 5) is 1.47. The molecule has 10 heavy (non-hydrogen) atoms. The number of thiophene rings is 1. The Labute approximate surface area is 66.2 Å². The van der Waals surface area contributed by atoms with Gasteiger partial charge < -0.3 is 0 Å². The van der Waals surface area contributed by atoms with Gasteiger partial charge in [-0.1, -0.05) is 13.0 Å². The number of hydrogen-bond donors (Lipinski definition) is 0. The first-order valence-electron chi connectivity index (χ1n) is 3.54. The summed E-state index contributed by atoms with van der Waals surface area (Å²) in [6.07, 6.45) is 4.14. The Hall–Kier alpha value is -0.560. The van der Waals surface area contributed by atoms with Crippen molar-refractivity contribution in [2.75, 3.05) is 0 Å². The van der Waals surface area contributed by atoms with Crippen LogP contribution in [0.3, 0.4) is 0 Å². The standard InChI is InChI=1S/C9H12S/c1-3-5-9-8(4-2)6-7-10-9/h3,6-7H,1,4-5H2,2H3. The van der Waals surface area contributed by atoms with Crippen LogP contribution in [0.5, 0.6) is 0 Å². The van der Waals surface area contributed by atoms with E-state index in [0.717, 1.165) is 12.8 Å². The number of hydrogen-bond acceptors (Lipinski definition) is 1. The van der Waals surface area contributed by atoms with Crippen LogP contribution < -0.4 is 0 Å². The fraction of sp³-hybridized carbons (Fsp3) is 0.333. The summed E-state index contributed by atoms with van der Waals surface area (Å²) >= 11 is 1.83. The second-order valence-electron chi connectivity index (χ2n) is 2.22. The summed E-state index contributed by atoms with van der Waals surface area (Å²) in [5.74, 6) is 0. The molecule has 1 rings (SSSR count). The van der Waals surface area contributed by atoms with Crippen LogP contribution in [-0.4, -0.2) is 0 Å². The SMILES string of the molecule is C=CCc1sccc1CC. The van der Waals surface area contributed by atoms with Crippen LogP contribution in [0.1, 0.15) is 17.4 Å². The molecule has 0 aliphatic carbocycles. The predicted molar refractivity (Wildman–Crippen MR) is 47.6 cm³/mol. The molecule has 0 saturated heterocycles. The van der Waals surface area contributed by atoms with Crippen LogP contribution in [0.15, 0.2) is 24.1 Å². The van der Waals surface area contributed by atoms with Crippen molar-refractivity contribution in [1.29, 1.82) is 0 Å². The Bertz CT molecular complexity index is 210. The first kappa shape index (κ1) is 7.55. The van der Waals surface area contributed by atoms with Crippen LogP contribution in [-0.2, 0) is 12.8 Å². The zero-order valence-electron chi connectivity index (χ0n) is 6.26. The molecule has 0 saturated carbocycles. The highest BCUT2D eigenvalue weighted by molar-refractivity contribution is 7.10. The van der Waals surface area contributed by atoms with E-state index in [0.29, 0.717) is 0 Å². The second-order valence-corrected chi connectivity index (χ2v) is 3.22. The topological polar surface area (TPSA) is 0 Å². The van der Waals surface area contributed by atoms with Gasteiger partial charge in [-0.3, -0.25) is 0 Å². The minimum atomic E-state index is 1.03. The Balaban J connectivity index is 2.79. The summed E-state index contributed by atoms with van der Waals surface area (Å²) in [6.45, 7) is 5.91. The molecule has 0 atom stereocenters. The summed E-state index contributed by atoms with van der Waals surface area (Å²) in [6, 6.07) is 2.20. The molecular formula is C9H12S. The summed E-state index contributed by atoms with van der Waals surface area (Å²) in [7, 11) is 0. The van der Waals surface area contributed by atoms with E-state index in [1.165, 1.54) is 10.4 Å². The highest BCUT2D eigenvalue weighted by atomic mass is 32.1. The van der Waals surface area contributed by atoms with Gasteiger partial charge in [0.15, 0.2) is 0 Å². The average molecular weight is 152 g/mol. The van der Waals surface area contributed by atoms with Crippen molar-refractivity contribution in [3.8, 4) is 0 Å². The van der Waals surface area contributed by atoms with E-state index in [1.807, 2.05) is 17.4 Å². The molecule has 0 fully saturated rings. The van der Waals surface area contributed by atoms with Gasteiger partial charge in [0, 0.05) is 4.88 Å². The van der Waals surface area contributed by atoms with Crippen LogP contribution in [0.2, 0.25) is 0 Å². The molecule has 54 valence electrons. The Morgan fingerprint density at radius 2 is 2.50 bits per heavy atom. The van der Waals surface area contributed by atoms with Crippen LogP contribution in [0.25, 0.3) is 0 Å². The monoisotopic (exact) mass is 152 g/mol. The molecule has 0 nitrogen and oxygen atoms in total. The molecule has 1 heteroatoms. The Morgan fingerprint density at radius 3 is 3.10 bits per heavy atom. The molecule has 1 aromatic heterocycles. The lowest BCUT2D eigenvalue weighted by Gasteiger charge is -1.94. The molecule has 1 heterocycles. The van der Waals surface area contributed by atoms with E-state index < -0.39 is 0 Å². The van der Waals surface area contributed by atoms with Gasteiger partial charge in [0.1, 0.15) is 0 Å². The highest BCUT2D eigenvalue weighted by Crippen LogP contribution is 2.17. The Morgan fingerprint density at radius 1 is 1.70 bits per heavy atom. The lowest BCUT2D eigenvalue weighted by atomic mass is 10.2. The van der Waals surface area contributed by atoms with Crippen molar-refractivity contribution < 1.29 is 0 Å². The van der Waals surface area contributed by atoms with E-state index in [9.17, 15) is 0 Å². The van der Waals surface area contributed by atoms with E-state index >= 15 is 0 Å².